The van der Waals surface area contributed by atoms with Gasteiger partial charge in [-0.3, -0.25) is 4.90 Å². The molecule has 2 rings (SSSR count). The second-order valence-corrected chi connectivity index (χ2v) is 6.50. The second-order valence-electron chi connectivity index (χ2n) is 6.50. The Morgan fingerprint density at radius 3 is 2.81 bits per heavy atom. The summed E-state index contributed by atoms with van der Waals surface area (Å²) in [5.74, 6) is 1.57. The van der Waals surface area contributed by atoms with Crippen LogP contribution in [-0.2, 0) is 0 Å². The molecule has 3 nitrogen and oxygen atoms in total. The van der Waals surface area contributed by atoms with Gasteiger partial charge < -0.3 is 10.1 Å². The van der Waals surface area contributed by atoms with Gasteiger partial charge in [-0.25, -0.2) is 0 Å². The summed E-state index contributed by atoms with van der Waals surface area (Å²) in [5.41, 5.74) is 2.74. The summed E-state index contributed by atoms with van der Waals surface area (Å²) < 4.78 is 5.92. The van der Waals surface area contributed by atoms with Gasteiger partial charge in [0.15, 0.2) is 0 Å². The molecule has 1 heterocycles. The average Bonchev–Trinajstić information content (AvgIpc) is 2.47. The van der Waals surface area contributed by atoms with Crippen LogP contribution in [0.2, 0.25) is 0 Å². The molecule has 0 aliphatic carbocycles. The van der Waals surface area contributed by atoms with Crippen molar-refractivity contribution in [2.75, 3.05) is 33.3 Å². The number of likely N-dealkylation sites (N-methyl/N-ethyl adjacent to an activating group) is 1. The fourth-order valence-electron chi connectivity index (χ4n) is 3.09. The maximum absolute atomic E-state index is 5.92. The van der Waals surface area contributed by atoms with Gasteiger partial charge in [-0.05, 0) is 62.5 Å². The summed E-state index contributed by atoms with van der Waals surface area (Å²) in [6, 6.07) is 7.12. The quantitative estimate of drug-likeness (QED) is 0.871. The van der Waals surface area contributed by atoms with Crippen molar-refractivity contribution in [3.05, 3.63) is 29.3 Å². The largest absolute Gasteiger partial charge is 0.492 e. The first-order chi connectivity index (χ1) is 10.1. The van der Waals surface area contributed by atoms with Gasteiger partial charge in [0.1, 0.15) is 12.4 Å². The van der Waals surface area contributed by atoms with Gasteiger partial charge in [-0.1, -0.05) is 19.9 Å². The lowest BCUT2D eigenvalue weighted by Gasteiger charge is -2.31. The first-order valence-corrected chi connectivity index (χ1v) is 8.22. The van der Waals surface area contributed by atoms with Crippen molar-refractivity contribution < 1.29 is 4.74 Å². The van der Waals surface area contributed by atoms with E-state index < -0.39 is 0 Å². The van der Waals surface area contributed by atoms with E-state index in [1.807, 2.05) is 0 Å². The van der Waals surface area contributed by atoms with Gasteiger partial charge in [0.05, 0.1) is 0 Å². The monoisotopic (exact) mass is 290 g/mol. The number of piperidine rings is 1. The van der Waals surface area contributed by atoms with E-state index in [0.717, 1.165) is 25.4 Å². The Balaban J connectivity index is 1.79. The molecule has 21 heavy (non-hydrogen) atoms. The molecule has 1 atom stereocenters. The molecule has 1 unspecified atom stereocenters. The summed E-state index contributed by atoms with van der Waals surface area (Å²) in [4.78, 5) is 2.42. The highest BCUT2D eigenvalue weighted by atomic mass is 16.5. The lowest BCUT2D eigenvalue weighted by atomic mass is 9.98. The van der Waals surface area contributed by atoms with Crippen LogP contribution >= 0.6 is 0 Å². The summed E-state index contributed by atoms with van der Waals surface area (Å²) in [7, 11) is 2.20. The molecule has 118 valence electrons. The Morgan fingerprint density at radius 2 is 2.19 bits per heavy atom. The first-order valence-electron chi connectivity index (χ1n) is 8.22. The first kappa shape index (κ1) is 16.3. The number of nitrogens with zero attached hydrogens (tertiary/aromatic N) is 1. The number of rotatable bonds is 6. The molecule has 0 bridgehead atoms. The van der Waals surface area contributed by atoms with Crippen LogP contribution in [-0.4, -0.2) is 44.2 Å². The van der Waals surface area contributed by atoms with Crippen LogP contribution in [0.1, 0.15) is 43.7 Å². The third-order valence-electron chi connectivity index (χ3n) is 4.47. The van der Waals surface area contributed by atoms with Crippen molar-refractivity contribution in [3.63, 3.8) is 0 Å². The van der Waals surface area contributed by atoms with E-state index >= 15 is 0 Å². The normalized spacial score (nSPS) is 19.2. The van der Waals surface area contributed by atoms with Crippen molar-refractivity contribution in [1.82, 2.24) is 10.2 Å². The van der Waals surface area contributed by atoms with Gasteiger partial charge in [-0.15, -0.1) is 0 Å². The Kier molecular flexibility index (Phi) is 6.07. The molecule has 1 aromatic carbocycles. The van der Waals surface area contributed by atoms with Crippen LogP contribution in [0, 0.1) is 6.92 Å². The zero-order valence-corrected chi connectivity index (χ0v) is 14.0. The maximum Gasteiger partial charge on any atom is 0.119 e. The molecule has 1 aliphatic heterocycles. The number of benzene rings is 1. The molecule has 1 saturated heterocycles. The van der Waals surface area contributed by atoms with Crippen molar-refractivity contribution >= 4 is 0 Å². The van der Waals surface area contributed by atoms with E-state index in [4.69, 9.17) is 4.74 Å². The van der Waals surface area contributed by atoms with Crippen LogP contribution in [0.3, 0.4) is 0 Å². The number of hydrogen-bond acceptors (Lipinski definition) is 3. The van der Waals surface area contributed by atoms with Gasteiger partial charge in [0, 0.05) is 19.1 Å². The van der Waals surface area contributed by atoms with Crippen LogP contribution in [0.15, 0.2) is 18.2 Å². The molecule has 0 saturated carbocycles. The summed E-state index contributed by atoms with van der Waals surface area (Å²) in [6.07, 6.45) is 2.58. The SMILES string of the molecule is Cc1cc(OCCN(C)C2CCCNC2)ccc1C(C)C. The molecule has 0 spiro atoms. The lowest BCUT2D eigenvalue weighted by Crippen LogP contribution is -2.45. The van der Waals surface area contributed by atoms with E-state index in [0.29, 0.717) is 12.0 Å². The summed E-state index contributed by atoms with van der Waals surface area (Å²) in [5, 5.41) is 3.47. The average molecular weight is 290 g/mol. The Hall–Kier alpha value is -1.06. The summed E-state index contributed by atoms with van der Waals surface area (Å²) >= 11 is 0. The molecule has 0 aromatic heterocycles. The summed E-state index contributed by atoms with van der Waals surface area (Å²) in [6.45, 7) is 10.7. The van der Waals surface area contributed by atoms with E-state index in [-0.39, 0.29) is 0 Å². The number of hydrogen-bond donors (Lipinski definition) is 1. The molecule has 1 aromatic rings. The zero-order chi connectivity index (χ0) is 15.2. The second kappa shape index (κ2) is 7.81. The highest BCUT2D eigenvalue weighted by molar-refractivity contribution is 5.36. The molecule has 1 N–H and O–H groups in total. The predicted molar refractivity (Wildman–Crippen MR) is 89.3 cm³/mol. The smallest absolute Gasteiger partial charge is 0.119 e. The molecule has 1 fully saturated rings. The molecule has 3 heteroatoms. The highest BCUT2D eigenvalue weighted by Gasteiger charge is 2.17. The van der Waals surface area contributed by atoms with Crippen molar-refractivity contribution in [2.45, 2.75) is 45.6 Å². The third kappa shape index (κ3) is 4.72. The van der Waals surface area contributed by atoms with Crippen LogP contribution in [0.4, 0.5) is 0 Å². The molecular formula is C18H30N2O. The number of aryl methyl sites for hydroxylation is 1. The standard InChI is InChI=1S/C18H30N2O/c1-14(2)18-8-7-17(12-15(18)3)21-11-10-20(4)16-6-5-9-19-13-16/h7-8,12,14,16,19H,5-6,9-11,13H2,1-4H3. The van der Waals surface area contributed by atoms with Crippen molar-refractivity contribution in [3.8, 4) is 5.75 Å². The molecule has 0 amide bonds. The minimum atomic E-state index is 0.573. The van der Waals surface area contributed by atoms with Gasteiger partial charge in [0.2, 0.25) is 0 Å². The van der Waals surface area contributed by atoms with E-state index in [1.165, 1.54) is 30.5 Å². The lowest BCUT2D eigenvalue weighted by molar-refractivity contribution is 0.168. The van der Waals surface area contributed by atoms with Gasteiger partial charge in [0.25, 0.3) is 0 Å². The third-order valence-corrected chi connectivity index (χ3v) is 4.47. The van der Waals surface area contributed by atoms with Gasteiger partial charge >= 0.3 is 0 Å². The van der Waals surface area contributed by atoms with Crippen LogP contribution < -0.4 is 10.1 Å². The van der Waals surface area contributed by atoms with Crippen molar-refractivity contribution in [2.24, 2.45) is 0 Å². The van der Waals surface area contributed by atoms with E-state index in [9.17, 15) is 0 Å². The minimum Gasteiger partial charge on any atom is -0.492 e. The fourth-order valence-corrected chi connectivity index (χ4v) is 3.09. The van der Waals surface area contributed by atoms with E-state index in [2.05, 4.69) is 56.2 Å². The number of ether oxygens (including phenoxy) is 1. The minimum absolute atomic E-state index is 0.573. The molecular weight excluding hydrogens is 260 g/mol. The van der Waals surface area contributed by atoms with E-state index in [1.54, 1.807) is 0 Å². The fraction of sp³-hybridized carbons (Fsp3) is 0.667. The Bertz CT molecular complexity index is 439. The zero-order valence-electron chi connectivity index (χ0n) is 14.0. The van der Waals surface area contributed by atoms with Crippen molar-refractivity contribution in [1.29, 1.82) is 0 Å². The van der Waals surface area contributed by atoms with Gasteiger partial charge in [-0.2, -0.15) is 0 Å². The topological polar surface area (TPSA) is 24.5 Å². The number of nitrogens with one attached hydrogen (secondary N) is 1. The molecule has 0 radical (unpaired) electrons. The Labute approximate surface area is 129 Å². The molecule has 1 aliphatic rings. The Morgan fingerprint density at radius 1 is 1.38 bits per heavy atom. The predicted octanol–water partition coefficient (Wildman–Crippen LogP) is 3.18. The highest BCUT2D eigenvalue weighted by Crippen LogP contribution is 2.23. The maximum atomic E-state index is 5.92. The van der Waals surface area contributed by atoms with Crippen LogP contribution in [0.5, 0.6) is 5.75 Å². The van der Waals surface area contributed by atoms with Crippen LogP contribution in [0.25, 0.3) is 0 Å².